The normalized spacial score (nSPS) is 11.0. The average molecular weight is 386 g/mol. The number of amides is 1. The number of anilines is 1. The number of methoxy groups -OCH3 is 1. The zero-order valence-corrected chi connectivity index (χ0v) is 16.1. The second-order valence-electron chi connectivity index (χ2n) is 6.16. The summed E-state index contributed by atoms with van der Waals surface area (Å²) in [4.78, 5) is 16.8. The van der Waals surface area contributed by atoms with E-state index in [9.17, 15) is 4.79 Å². The number of benzene rings is 3. The molecular weight excluding hydrogens is 368 g/mol. The molecule has 1 aromatic heterocycles. The Kier molecular flexibility index (Phi) is 5.17. The van der Waals surface area contributed by atoms with Crippen molar-refractivity contribution >= 4 is 39.2 Å². The van der Waals surface area contributed by atoms with Gasteiger partial charge in [-0.25, -0.2) is 4.98 Å². The molecule has 0 spiro atoms. The van der Waals surface area contributed by atoms with E-state index in [0.717, 1.165) is 33.1 Å². The number of aromatic nitrogens is 1. The zero-order chi connectivity index (χ0) is 19.3. The predicted octanol–water partition coefficient (Wildman–Crippen LogP) is 5.62. The summed E-state index contributed by atoms with van der Waals surface area (Å²) in [6, 6.07) is 23.3. The van der Waals surface area contributed by atoms with Crippen LogP contribution in [-0.2, 0) is 4.79 Å². The van der Waals surface area contributed by atoms with E-state index in [1.807, 2.05) is 66.7 Å². The number of nitrogens with zero attached hydrogens (tertiary/aromatic N) is 1. The average Bonchev–Trinajstić information content (AvgIpc) is 3.17. The van der Waals surface area contributed by atoms with Crippen molar-refractivity contribution in [2.45, 2.75) is 0 Å². The molecule has 0 unspecified atom stereocenters. The highest BCUT2D eigenvalue weighted by Gasteiger charge is 2.06. The van der Waals surface area contributed by atoms with Crippen molar-refractivity contribution in [1.82, 2.24) is 4.98 Å². The molecule has 1 N–H and O–H groups in total. The van der Waals surface area contributed by atoms with Crippen molar-refractivity contribution in [1.29, 1.82) is 0 Å². The third-order valence-electron chi connectivity index (χ3n) is 4.24. The van der Waals surface area contributed by atoms with E-state index in [-0.39, 0.29) is 5.91 Å². The van der Waals surface area contributed by atoms with Gasteiger partial charge in [-0.3, -0.25) is 4.79 Å². The number of para-hydroxylation sites is 1. The maximum atomic E-state index is 12.1. The van der Waals surface area contributed by atoms with Crippen molar-refractivity contribution in [2.24, 2.45) is 0 Å². The third-order valence-corrected chi connectivity index (χ3v) is 5.32. The Morgan fingerprint density at radius 2 is 1.75 bits per heavy atom. The Morgan fingerprint density at radius 3 is 2.46 bits per heavy atom. The van der Waals surface area contributed by atoms with Crippen LogP contribution in [0.4, 0.5) is 5.69 Å². The Labute approximate surface area is 167 Å². The summed E-state index contributed by atoms with van der Waals surface area (Å²) < 4.78 is 6.29. The fourth-order valence-corrected chi connectivity index (χ4v) is 3.73. The molecule has 4 nitrogen and oxygen atoms in total. The number of thiazole rings is 1. The summed E-state index contributed by atoms with van der Waals surface area (Å²) in [7, 11) is 1.63. The van der Waals surface area contributed by atoms with Crippen LogP contribution in [0.5, 0.6) is 5.75 Å². The summed E-state index contributed by atoms with van der Waals surface area (Å²) in [5.41, 5.74) is 3.72. The molecule has 0 aliphatic carbocycles. The molecule has 3 aromatic carbocycles. The summed E-state index contributed by atoms with van der Waals surface area (Å²) in [6.45, 7) is 0. The third kappa shape index (κ3) is 4.10. The second-order valence-corrected chi connectivity index (χ2v) is 7.19. The molecule has 5 heteroatoms. The SMILES string of the molecule is COc1ccc(/C=C/C(=O)Nc2ccc(-c3nc4ccccc4s3)cc2)cc1. The van der Waals surface area contributed by atoms with Crippen LogP contribution >= 0.6 is 11.3 Å². The number of rotatable bonds is 5. The molecule has 0 saturated carbocycles. The van der Waals surface area contributed by atoms with Gasteiger partial charge in [-0.2, -0.15) is 0 Å². The molecule has 0 bridgehead atoms. The molecule has 4 rings (SSSR count). The fourth-order valence-electron chi connectivity index (χ4n) is 2.76. The first-order chi connectivity index (χ1) is 13.7. The molecule has 0 atom stereocenters. The minimum Gasteiger partial charge on any atom is -0.497 e. The van der Waals surface area contributed by atoms with Gasteiger partial charge in [0.2, 0.25) is 5.91 Å². The lowest BCUT2D eigenvalue weighted by Crippen LogP contribution is -2.07. The van der Waals surface area contributed by atoms with Crippen LogP contribution in [0.3, 0.4) is 0 Å². The van der Waals surface area contributed by atoms with Gasteiger partial charge in [-0.1, -0.05) is 24.3 Å². The number of hydrogen-bond acceptors (Lipinski definition) is 4. The number of carbonyl (C=O) groups excluding carboxylic acids is 1. The molecule has 0 radical (unpaired) electrons. The highest BCUT2D eigenvalue weighted by atomic mass is 32.1. The summed E-state index contributed by atoms with van der Waals surface area (Å²) >= 11 is 1.66. The maximum absolute atomic E-state index is 12.1. The van der Waals surface area contributed by atoms with Crippen LogP contribution in [0, 0.1) is 0 Å². The van der Waals surface area contributed by atoms with E-state index >= 15 is 0 Å². The minimum absolute atomic E-state index is 0.177. The smallest absolute Gasteiger partial charge is 0.248 e. The van der Waals surface area contributed by atoms with E-state index in [2.05, 4.69) is 16.4 Å². The van der Waals surface area contributed by atoms with E-state index in [0.29, 0.717) is 0 Å². The number of carbonyl (C=O) groups is 1. The molecular formula is C23H18N2O2S. The number of nitrogens with one attached hydrogen (secondary N) is 1. The van der Waals surface area contributed by atoms with Gasteiger partial charge < -0.3 is 10.1 Å². The molecule has 0 aliphatic heterocycles. The first-order valence-corrected chi connectivity index (χ1v) is 9.62. The van der Waals surface area contributed by atoms with E-state index in [1.54, 1.807) is 24.5 Å². The highest BCUT2D eigenvalue weighted by Crippen LogP contribution is 2.30. The summed E-state index contributed by atoms with van der Waals surface area (Å²) in [5, 5.41) is 3.84. The molecule has 0 fully saturated rings. The minimum atomic E-state index is -0.177. The Morgan fingerprint density at radius 1 is 1.00 bits per heavy atom. The van der Waals surface area contributed by atoms with Crippen LogP contribution in [-0.4, -0.2) is 18.0 Å². The van der Waals surface area contributed by atoms with Gasteiger partial charge in [-0.05, 0) is 60.2 Å². The topological polar surface area (TPSA) is 51.2 Å². The van der Waals surface area contributed by atoms with E-state index < -0.39 is 0 Å². The molecule has 28 heavy (non-hydrogen) atoms. The number of hydrogen-bond donors (Lipinski definition) is 1. The van der Waals surface area contributed by atoms with Crippen LogP contribution in [0.1, 0.15) is 5.56 Å². The van der Waals surface area contributed by atoms with Gasteiger partial charge in [0.1, 0.15) is 10.8 Å². The van der Waals surface area contributed by atoms with Gasteiger partial charge in [-0.15, -0.1) is 11.3 Å². The first kappa shape index (κ1) is 17.9. The fraction of sp³-hybridized carbons (Fsp3) is 0.0435. The van der Waals surface area contributed by atoms with Gasteiger partial charge >= 0.3 is 0 Å². The Balaban J connectivity index is 1.42. The molecule has 0 saturated heterocycles. The lowest BCUT2D eigenvalue weighted by atomic mass is 10.2. The van der Waals surface area contributed by atoms with Crippen LogP contribution in [0.25, 0.3) is 26.9 Å². The molecule has 4 aromatic rings. The first-order valence-electron chi connectivity index (χ1n) is 8.80. The maximum Gasteiger partial charge on any atom is 0.248 e. The van der Waals surface area contributed by atoms with Crippen LogP contribution in [0.2, 0.25) is 0 Å². The summed E-state index contributed by atoms with van der Waals surface area (Å²) in [5.74, 6) is 0.610. The van der Waals surface area contributed by atoms with Gasteiger partial charge in [0.15, 0.2) is 0 Å². The standard InChI is InChI=1S/C23H18N2O2S/c1-27-19-13-6-16(7-14-19)8-15-22(26)24-18-11-9-17(10-12-18)23-25-20-4-2-3-5-21(20)28-23/h2-15H,1H3,(H,24,26)/b15-8+. The van der Waals surface area contributed by atoms with Crippen molar-refractivity contribution in [3.05, 3.63) is 84.4 Å². The van der Waals surface area contributed by atoms with Crippen LogP contribution in [0.15, 0.2) is 78.9 Å². The van der Waals surface area contributed by atoms with Crippen molar-refractivity contribution < 1.29 is 9.53 Å². The lowest BCUT2D eigenvalue weighted by Gasteiger charge is -2.03. The highest BCUT2D eigenvalue weighted by molar-refractivity contribution is 7.21. The lowest BCUT2D eigenvalue weighted by molar-refractivity contribution is -0.111. The van der Waals surface area contributed by atoms with E-state index in [1.165, 1.54) is 10.8 Å². The predicted molar refractivity (Wildman–Crippen MR) is 116 cm³/mol. The monoisotopic (exact) mass is 386 g/mol. The largest absolute Gasteiger partial charge is 0.497 e. The number of ether oxygens (including phenoxy) is 1. The molecule has 1 heterocycles. The van der Waals surface area contributed by atoms with Crippen LogP contribution < -0.4 is 10.1 Å². The summed E-state index contributed by atoms with van der Waals surface area (Å²) in [6.07, 6.45) is 3.29. The molecule has 0 aliphatic rings. The van der Waals surface area contributed by atoms with E-state index in [4.69, 9.17) is 4.74 Å². The van der Waals surface area contributed by atoms with Gasteiger partial charge in [0, 0.05) is 17.3 Å². The van der Waals surface area contributed by atoms with Crippen molar-refractivity contribution in [3.63, 3.8) is 0 Å². The van der Waals surface area contributed by atoms with Gasteiger partial charge in [0.25, 0.3) is 0 Å². The quantitative estimate of drug-likeness (QED) is 0.453. The van der Waals surface area contributed by atoms with Crippen molar-refractivity contribution in [3.8, 4) is 16.3 Å². The van der Waals surface area contributed by atoms with Crippen molar-refractivity contribution in [2.75, 3.05) is 12.4 Å². The second kappa shape index (κ2) is 8.06. The Hall–Kier alpha value is -3.44. The molecule has 138 valence electrons. The number of fused-ring (bicyclic) bond motifs is 1. The van der Waals surface area contributed by atoms with Gasteiger partial charge in [0.05, 0.1) is 17.3 Å². The Bertz CT molecular complexity index is 1100. The zero-order valence-electron chi connectivity index (χ0n) is 15.3. The molecule has 1 amide bonds.